The molecule has 19 heavy (non-hydrogen) atoms. The average molecular weight is 326 g/mol. The molecule has 0 aliphatic carbocycles. The van der Waals surface area contributed by atoms with Crippen LogP contribution in [-0.4, -0.2) is 10.1 Å². The predicted molar refractivity (Wildman–Crippen MR) is 73.3 cm³/mol. The highest BCUT2D eigenvalue weighted by atomic mass is 79.9. The van der Waals surface area contributed by atoms with Gasteiger partial charge in [0.05, 0.1) is 11.8 Å². The summed E-state index contributed by atoms with van der Waals surface area (Å²) < 4.78 is 19.6. The van der Waals surface area contributed by atoms with E-state index in [1.54, 1.807) is 13.1 Å². The standard InChI is InChI=1S/C14H13BrFNO2/c1-9(18)13-5-3-11(16)6-14(13)19-8-12-4-2-10(15)7-17-12/h2-7,9,18H,8H2,1H3. The Morgan fingerprint density at radius 3 is 2.79 bits per heavy atom. The topological polar surface area (TPSA) is 42.4 Å². The molecule has 3 nitrogen and oxygen atoms in total. The number of aliphatic hydroxyl groups is 1. The molecule has 1 unspecified atom stereocenters. The molecular weight excluding hydrogens is 313 g/mol. The molecule has 1 N–H and O–H groups in total. The third-order valence-corrected chi connectivity index (χ3v) is 3.06. The van der Waals surface area contributed by atoms with Gasteiger partial charge in [-0.2, -0.15) is 0 Å². The van der Waals surface area contributed by atoms with Crippen LogP contribution in [0.2, 0.25) is 0 Å². The van der Waals surface area contributed by atoms with E-state index in [9.17, 15) is 9.50 Å². The van der Waals surface area contributed by atoms with Gasteiger partial charge in [-0.25, -0.2) is 4.39 Å². The van der Waals surface area contributed by atoms with Gasteiger partial charge in [0, 0.05) is 22.3 Å². The fraction of sp³-hybridized carbons (Fsp3) is 0.214. The van der Waals surface area contributed by atoms with Crippen LogP contribution in [-0.2, 0) is 6.61 Å². The Morgan fingerprint density at radius 2 is 2.16 bits per heavy atom. The smallest absolute Gasteiger partial charge is 0.130 e. The van der Waals surface area contributed by atoms with E-state index in [2.05, 4.69) is 20.9 Å². The van der Waals surface area contributed by atoms with Crippen LogP contribution in [0.25, 0.3) is 0 Å². The molecule has 0 radical (unpaired) electrons. The normalized spacial score (nSPS) is 12.2. The Labute approximate surface area is 119 Å². The number of pyridine rings is 1. The summed E-state index contributed by atoms with van der Waals surface area (Å²) in [6.07, 6.45) is 0.952. The zero-order valence-corrected chi connectivity index (χ0v) is 11.9. The van der Waals surface area contributed by atoms with E-state index in [1.807, 2.05) is 12.1 Å². The van der Waals surface area contributed by atoms with Crippen molar-refractivity contribution in [1.29, 1.82) is 0 Å². The lowest BCUT2D eigenvalue weighted by atomic mass is 10.1. The van der Waals surface area contributed by atoms with Gasteiger partial charge in [-0.05, 0) is 47.1 Å². The van der Waals surface area contributed by atoms with Crippen molar-refractivity contribution in [2.45, 2.75) is 19.6 Å². The van der Waals surface area contributed by atoms with E-state index in [0.29, 0.717) is 11.3 Å². The summed E-state index contributed by atoms with van der Waals surface area (Å²) in [7, 11) is 0. The van der Waals surface area contributed by atoms with Crippen molar-refractivity contribution in [3.8, 4) is 5.75 Å². The number of hydrogen-bond donors (Lipinski definition) is 1. The molecule has 0 aliphatic rings. The van der Waals surface area contributed by atoms with Crippen molar-refractivity contribution in [2.24, 2.45) is 0 Å². The summed E-state index contributed by atoms with van der Waals surface area (Å²) in [6.45, 7) is 1.83. The van der Waals surface area contributed by atoms with Crippen LogP contribution in [0.3, 0.4) is 0 Å². The van der Waals surface area contributed by atoms with E-state index in [1.165, 1.54) is 18.2 Å². The fourth-order valence-electron chi connectivity index (χ4n) is 1.62. The van der Waals surface area contributed by atoms with Gasteiger partial charge in [0.2, 0.25) is 0 Å². The highest BCUT2D eigenvalue weighted by Gasteiger charge is 2.10. The Bertz CT molecular complexity index is 558. The molecule has 100 valence electrons. The first kappa shape index (κ1) is 14.0. The van der Waals surface area contributed by atoms with E-state index < -0.39 is 11.9 Å². The minimum absolute atomic E-state index is 0.219. The van der Waals surface area contributed by atoms with Crippen LogP contribution in [0.4, 0.5) is 4.39 Å². The molecular formula is C14H13BrFNO2. The second kappa shape index (κ2) is 6.12. The van der Waals surface area contributed by atoms with Crippen molar-refractivity contribution < 1.29 is 14.2 Å². The van der Waals surface area contributed by atoms with E-state index in [0.717, 1.165) is 10.2 Å². The lowest BCUT2D eigenvalue weighted by Gasteiger charge is -2.13. The van der Waals surface area contributed by atoms with Crippen molar-refractivity contribution in [1.82, 2.24) is 4.98 Å². The van der Waals surface area contributed by atoms with E-state index in [-0.39, 0.29) is 6.61 Å². The van der Waals surface area contributed by atoms with Crippen molar-refractivity contribution in [3.05, 3.63) is 58.1 Å². The second-order valence-electron chi connectivity index (χ2n) is 4.11. The Morgan fingerprint density at radius 1 is 1.37 bits per heavy atom. The molecule has 0 saturated carbocycles. The molecule has 0 bridgehead atoms. The van der Waals surface area contributed by atoms with Crippen molar-refractivity contribution in [3.63, 3.8) is 0 Å². The molecule has 0 fully saturated rings. The summed E-state index contributed by atoms with van der Waals surface area (Å²) in [5, 5.41) is 9.60. The number of aliphatic hydroxyl groups excluding tert-OH is 1. The first-order valence-electron chi connectivity index (χ1n) is 5.77. The number of rotatable bonds is 4. The minimum atomic E-state index is -0.714. The third kappa shape index (κ3) is 3.75. The highest BCUT2D eigenvalue weighted by Crippen LogP contribution is 2.26. The molecule has 0 saturated heterocycles. The quantitative estimate of drug-likeness (QED) is 0.933. The van der Waals surface area contributed by atoms with Crippen molar-refractivity contribution in [2.75, 3.05) is 0 Å². The highest BCUT2D eigenvalue weighted by molar-refractivity contribution is 9.10. The number of aromatic nitrogens is 1. The Balaban J connectivity index is 2.14. The minimum Gasteiger partial charge on any atom is -0.487 e. The summed E-state index contributed by atoms with van der Waals surface area (Å²) in [5.41, 5.74) is 1.28. The lowest BCUT2D eigenvalue weighted by Crippen LogP contribution is -2.02. The van der Waals surface area contributed by atoms with E-state index >= 15 is 0 Å². The molecule has 0 aliphatic heterocycles. The third-order valence-electron chi connectivity index (χ3n) is 2.59. The first-order chi connectivity index (χ1) is 9.06. The van der Waals surface area contributed by atoms with Crippen LogP contribution in [0, 0.1) is 5.82 Å². The van der Waals surface area contributed by atoms with Crippen LogP contribution in [0.1, 0.15) is 24.3 Å². The lowest BCUT2D eigenvalue weighted by molar-refractivity contribution is 0.189. The molecule has 0 spiro atoms. The van der Waals surface area contributed by atoms with Gasteiger partial charge in [0.15, 0.2) is 0 Å². The fourth-order valence-corrected chi connectivity index (χ4v) is 1.86. The average Bonchev–Trinajstić information content (AvgIpc) is 2.38. The molecule has 2 aromatic rings. The van der Waals surface area contributed by atoms with Gasteiger partial charge in [-0.1, -0.05) is 0 Å². The summed E-state index contributed by atoms with van der Waals surface area (Å²) >= 11 is 3.30. The van der Waals surface area contributed by atoms with Gasteiger partial charge in [0.1, 0.15) is 18.2 Å². The first-order valence-corrected chi connectivity index (χ1v) is 6.56. The molecule has 1 heterocycles. The molecule has 1 aromatic heterocycles. The van der Waals surface area contributed by atoms with Gasteiger partial charge < -0.3 is 9.84 Å². The van der Waals surface area contributed by atoms with Crippen LogP contribution in [0.15, 0.2) is 41.0 Å². The maximum Gasteiger partial charge on any atom is 0.130 e. The maximum absolute atomic E-state index is 13.2. The number of nitrogens with zero attached hydrogens (tertiary/aromatic N) is 1. The summed E-state index contributed by atoms with van der Waals surface area (Å²) in [6, 6.07) is 7.75. The monoisotopic (exact) mass is 325 g/mol. The van der Waals surface area contributed by atoms with Gasteiger partial charge in [0.25, 0.3) is 0 Å². The number of halogens is 2. The van der Waals surface area contributed by atoms with Gasteiger partial charge >= 0.3 is 0 Å². The molecule has 0 amide bonds. The zero-order chi connectivity index (χ0) is 13.8. The SMILES string of the molecule is CC(O)c1ccc(F)cc1OCc1ccc(Br)cn1. The summed E-state index contributed by atoms with van der Waals surface area (Å²) in [5.74, 6) is -0.0668. The second-order valence-corrected chi connectivity index (χ2v) is 5.03. The van der Waals surface area contributed by atoms with Crippen LogP contribution < -0.4 is 4.74 Å². The molecule has 1 aromatic carbocycles. The van der Waals surface area contributed by atoms with Gasteiger partial charge in [-0.15, -0.1) is 0 Å². The van der Waals surface area contributed by atoms with E-state index in [4.69, 9.17) is 4.74 Å². The molecule has 1 atom stereocenters. The predicted octanol–water partition coefficient (Wildman–Crippen LogP) is 3.62. The van der Waals surface area contributed by atoms with Crippen LogP contribution in [0.5, 0.6) is 5.75 Å². The summed E-state index contributed by atoms with van der Waals surface area (Å²) in [4.78, 5) is 4.16. The zero-order valence-electron chi connectivity index (χ0n) is 10.3. The molecule has 2 rings (SSSR count). The largest absolute Gasteiger partial charge is 0.487 e. The number of ether oxygens (including phenoxy) is 1. The van der Waals surface area contributed by atoms with Gasteiger partial charge in [-0.3, -0.25) is 4.98 Å². The Hall–Kier alpha value is -1.46. The van der Waals surface area contributed by atoms with Crippen molar-refractivity contribution >= 4 is 15.9 Å². The molecule has 5 heteroatoms. The van der Waals surface area contributed by atoms with Crippen LogP contribution >= 0.6 is 15.9 Å². The number of hydrogen-bond acceptors (Lipinski definition) is 3. The number of benzene rings is 1. The maximum atomic E-state index is 13.2. The Kier molecular flexibility index (Phi) is 4.50.